The highest BCUT2D eigenvalue weighted by atomic mass is 19.1. The molecule has 6 nitrogen and oxygen atoms in total. The number of aryl methyl sites for hydroxylation is 1. The maximum Gasteiger partial charge on any atom is 0.251 e. The SMILES string of the molecule is CNC(=O)C1=C(O)c2cc(OC)ccc2N(Cc2ccc(C)c(F)c2)C(=O)C1. The van der Waals surface area contributed by atoms with Gasteiger partial charge in [-0.15, -0.1) is 0 Å². The molecule has 3 rings (SSSR count). The standard InChI is InChI=1S/C21H21FN2O4/c1-12-4-5-13(8-17(12)22)11-24-18-7-6-14(28-3)9-15(18)20(26)16(10-19(24)25)21(27)23-2/h4-9,26H,10-11H2,1-3H3,(H,23,27). The minimum Gasteiger partial charge on any atom is -0.507 e. The van der Waals surface area contributed by atoms with Gasteiger partial charge < -0.3 is 20.1 Å². The third kappa shape index (κ3) is 3.55. The number of anilines is 1. The van der Waals surface area contributed by atoms with Crippen LogP contribution >= 0.6 is 0 Å². The van der Waals surface area contributed by atoms with E-state index in [-0.39, 0.29) is 36.0 Å². The zero-order valence-corrected chi connectivity index (χ0v) is 15.9. The number of ether oxygens (including phenoxy) is 1. The van der Waals surface area contributed by atoms with Crippen LogP contribution in [0.3, 0.4) is 0 Å². The Bertz CT molecular complexity index is 984. The van der Waals surface area contributed by atoms with Gasteiger partial charge in [-0.2, -0.15) is 0 Å². The zero-order valence-electron chi connectivity index (χ0n) is 15.9. The maximum atomic E-state index is 14.0. The van der Waals surface area contributed by atoms with Crippen molar-refractivity contribution in [2.45, 2.75) is 19.9 Å². The molecule has 2 aromatic rings. The molecule has 2 aromatic carbocycles. The van der Waals surface area contributed by atoms with Crippen LogP contribution in [-0.4, -0.2) is 31.1 Å². The molecule has 0 saturated carbocycles. The fourth-order valence-electron chi connectivity index (χ4n) is 3.12. The topological polar surface area (TPSA) is 78.9 Å². The number of carbonyl (C=O) groups excluding carboxylic acids is 2. The van der Waals surface area contributed by atoms with Crippen molar-refractivity contribution in [3.05, 3.63) is 64.5 Å². The van der Waals surface area contributed by atoms with E-state index in [1.165, 1.54) is 25.1 Å². The van der Waals surface area contributed by atoms with Crippen molar-refractivity contribution in [1.29, 1.82) is 0 Å². The van der Waals surface area contributed by atoms with Gasteiger partial charge in [-0.1, -0.05) is 12.1 Å². The first-order valence-corrected chi connectivity index (χ1v) is 8.73. The Morgan fingerprint density at radius 2 is 2.04 bits per heavy atom. The molecule has 1 aliphatic heterocycles. The predicted molar refractivity (Wildman–Crippen MR) is 104 cm³/mol. The fraction of sp³-hybridized carbons (Fsp3) is 0.238. The van der Waals surface area contributed by atoms with Crippen molar-refractivity contribution in [3.8, 4) is 5.75 Å². The minimum atomic E-state index is -0.539. The van der Waals surface area contributed by atoms with Crippen molar-refractivity contribution in [1.82, 2.24) is 5.32 Å². The molecule has 0 atom stereocenters. The molecule has 146 valence electrons. The molecule has 0 fully saturated rings. The molecule has 0 unspecified atom stereocenters. The number of nitrogens with one attached hydrogen (secondary N) is 1. The number of likely N-dealkylation sites (N-methyl/N-ethyl adjacent to an activating group) is 1. The number of aliphatic hydroxyl groups excluding tert-OH is 1. The molecular weight excluding hydrogens is 363 g/mol. The van der Waals surface area contributed by atoms with E-state index < -0.39 is 5.91 Å². The van der Waals surface area contributed by atoms with Crippen LogP contribution in [0.1, 0.15) is 23.1 Å². The first-order chi connectivity index (χ1) is 13.3. The quantitative estimate of drug-likeness (QED) is 0.849. The van der Waals surface area contributed by atoms with Gasteiger partial charge in [-0.05, 0) is 42.3 Å². The van der Waals surface area contributed by atoms with E-state index in [4.69, 9.17) is 4.74 Å². The number of hydrogen-bond acceptors (Lipinski definition) is 4. The molecule has 0 aromatic heterocycles. The van der Waals surface area contributed by atoms with Crippen molar-refractivity contribution in [2.75, 3.05) is 19.1 Å². The largest absolute Gasteiger partial charge is 0.507 e. The first kappa shape index (κ1) is 19.4. The molecule has 0 radical (unpaired) electrons. The summed E-state index contributed by atoms with van der Waals surface area (Å²) >= 11 is 0. The average Bonchev–Trinajstić information content (AvgIpc) is 2.80. The van der Waals surface area contributed by atoms with Crippen molar-refractivity contribution in [2.24, 2.45) is 0 Å². The molecule has 0 bridgehead atoms. The molecule has 7 heteroatoms. The average molecular weight is 384 g/mol. The van der Waals surface area contributed by atoms with Gasteiger partial charge in [0.15, 0.2) is 0 Å². The molecule has 0 aliphatic carbocycles. The predicted octanol–water partition coefficient (Wildman–Crippen LogP) is 3.09. The van der Waals surface area contributed by atoms with E-state index in [0.29, 0.717) is 28.1 Å². The van der Waals surface area contributed by atoms with Gasteiger partial charge in [-0.25, -0.2) is 4.39 Å². The highest BCUT2D eigenvalue weighted by Gasteiger charge is 2.31. The third-order valence-corrected chi connectivity index (χ3v) is 4.74. The van der Waals surface area contributed by atoms with Gasteiger partial charge >= 0.3 is 0 Å². The summed E-state index contributed by atoms with van der Waals surface area (Å²) in [6.07, 6.45) is -0.281. The number of nitrogens with zero attached hydrogens (tertiary/aromatic N) is 1. The smallest absolute Gasteiger partial charge is 0.251 e. The molecular formula is C21H21FN2O4. The minimum absolute atomic E-state index is 0.0282. The van der Waals surface area contributed by atoms with E-state index in [9.17, 15) is 19.1 Å². The number of methoxy groups -OCH3 is 1. The number of fused-ring (bicyclic) bond motifs is 1. The van der Waals surface area contributed by atoms with Crippen LogP contribution in [0, 0.1) is 12.7 Å². The molecule has 2 amide bonds. The zero-order chi connectivity index (χ0) is 20.4. The van der Waals surface area contributed by atoms with Crippen molar-refractivity contribution in [3.63, 3.8) is 0 Å². The Hall–Kier alpha value is -3.35. The third-order valence-electron chi connectivity index (χ3n) is 4.74. The van der Waals surface area contributed by atoms with E-state index in [1.807, 2.05) is 0 Å². The second-order valence-electron chi connectivity index (χ2n) is 6.53. The number of rotatable bonds is 4. The maximum absolute atomic E-state index is 14.0. The number of halogens is 1. The molecule has 1 heterocycles. The van der Waals surface area contributed by atoms with Crippen LogP contribution in [0.15, 0.2) is 42.0 Å². The van der Waals surface area contributed by atoms with Crippen LogP contribution in [0.5, 0.6) is 5.75 Å². The van der Waals surface area contributed by atoms with Crippen molar-refractivity contribution < 1.29 is 23.8 Å². The molecule has 0 spiro atoms. The van der Waals surface area contributed by atoms with Gasteiger partial charge in [0.1, 0.15) is 17.3 Å². The number of aliphatic hydroxyl groups is 1. The van der Waals surface area contributed by atoms with Gasteiger partial charge in [-0.3, -0.25) is 9.59 Å². The van der Waals surface area contributed by atoms with Gasteiger partial charge in [0.2, 0.25) is 5.91 Å². The summed E-state index contributed by atoms with van der Waals surface area (Å²) in [5.74, 6) is -1.09. The number of benzene rings is 2. The lowest BCUT2D eigenvalue weighted by atomic mass is 10.0. The molecule has 1 aliphatic rings. The van der Waals surface area contributed by atoms with Crippen LogP contribution in [0.2, 0.25) is 0 Å². The second kappa shape index (κ2) is 7.72. The lowest BCUT2D eigenvalue weighted by Crippen LogP contribution is -2.31. The Morgan fingerprint density at radius 1 is 1.29 bits per heavy atom. The van der Waals surface area contributed by atoms with Crippen LogP contribution in [0.25, 0.3) is 5.76 Å². The lowest BCUT2D eigenvalue weighted by Gasteiger charge is -2.24. The van der Waals surface area contributed by atoms with Gasteiger partial charge in [0, 0.05) is 12.6 Å². The first-order valence-electron chi connectivity index (χ1n) is 8.73. The van der Waals surface area contributed by atoms with Crippen LogP contribution in [-0.2, 0) is 16.1 Å². The van der Waals surface area contributed by atoms with Crippen molar-refractivity contribution >= 4 is 23.3 Å². The normalized spacial score (nSPS) is 13.9. The lowest BCUT2D eigenvalue weighted by molar-refractivity contribution is -0.121. The monoisotopic (exact) mass is 384 g/mol. The fourth-order valence-corrected chi connectivity index (χ4v) is 3.12. The van der Waals surface area contributed by atoms with E-state index in [2.05, 4.69) is 5.32 Å². The Kier molecular flexibility index (Phi) is 5.35. The molecule has 2 N–H and O–H groups in total. The Morgan fingerprint density at radius 3 is 2.68 bits per heavy atom. The van der Waals surface area contributed by atoms with Crippen LogP contribution < -0.4 is 15.0 Å². The molecule has 28 heavy (non-hydrogen) atoms. The van der Waals surface area contributed by atoms with E-state index in [0.717, 1.165) is 0 Å². The number of hydrogen-bond donors (Lipinski definition) is 2. The summed E-state index contributed by atoms with van der Waals surface area (Å²) in [4.78, 5) is 26.6. The second-order valence-corrected chi connectivity index (χ2v) is 6.53. The summed E-state index contributed by atoms with van der Waals surface area (Å²) in [5.41, 5.74) is 1.80. The summed E-state index contributed by atoms with van der Waals surface area (Å²) in [6.45, 7) is 1.76. The summed E-state index contributed by atoms with van der Waals surface area (Å²) < 4.78 is 19.2. The Labute approximate surface area is 162 Å². The highest BCUT2D eigenvalue weighted by molar-refractivity contribution is 6.10. The summed E-state index contributed by atoms with van der Waals surface area (Å²) in [6, 6.07) is 9.63. The summed E-state index contributed by atoms with van der Waals surface area (Å²) in [5, 5.41) is 13.2. The van der Waals surface area contributed by atoms with E-state index in [1.54, 1.807) is 37.3 Å². The Balaban J connectivity index is 2.11. The number of carbonyl (C=O) groups is 2. The van der Waals surface area contributed by atoms with Gasteiger partial charge in [0.05, 0.1) is 31.3 Å². The van der Waals surface area contributed by atoms with E-state index >= 15 is 0 Å². The highest BCUT2D eigenvalue weighted by Crippen LogP contribution is 2.36. The summed E-state index contributed by atoms with van der Waals surface area (Å²) in [7, 11) is 2.91. The van der Waals surface area contributed by atoms with Gasteiger partial charge in [0.25, 0.3) is 5.91 Å². The number of amides is 2. The van der Waals surface area contributed by atoms with Crippen LogP contribution in [0.4, 0.5) is 10.1 Å². The molecule has 0 saturated heterocycles.